The SMILES string of the molecule is CSCCCCNC1CCCCC1O. The number of unbranched alkanes of at least 4 members (excludes halogenated alkanes) is 1. The van der Waals surface area contributed by atoms with Gasteiger partial charge < -0.3 is 10.4 Å². The number of rotatable bonds is 6. The van der Waals surface area contributed by atoms with Gasteiger partial charge in [-0.1, -0.05) is 12.8 Å². The van der Waals surface area contributed by atoms with Gasteiger partial charge in [-0.2, -0.15) is 11.8 Å². The van der Waals surface area contributed by atoms with Crippen LogP contribution in [-0.4, -0.2) is 35.8 Å². The number of thioether (sulfide) groups is 1. The number of nitrogens with one attached hydrogen (secondary N) is 1. The van der Waals surface area contributed by atoms with Gasteiger partial charge in [0.2, 0.25) is 0 Å². The maximum Gasteiger partial charge on any atom is 0.0693 e. The fourth-order valence-electron chi connectivity index (χ4n) is 2.01. The first-order valence-electron chi connectivity index (χ1n) is 5.75. The van der Waals surface area contributed by atoms with Crippen molar-refractivity contribution in [3.8, 4) is 0 Å². The highest BCUT2D eigenvalue weighted by molar-refractivity contribution is 7.98. The Labute approximate surface area is 91.9 Å². The third kappa shape index (κ3) is 4.67. The van der Waals surface area contributed by atoms with Crippen LogP contribution in [0.3, 0.4) is 0 Å². The van der Waals surface area contributed by atoms with E-state index in [1.807, 2.05) is 11.8 Å². The van der Waals surface area contributed by atoms with E-state index in [1.165, 1.54) is 31.4 Å². The molecule has 0 amide bonds. The summed E-state index contributed by atoms with van der Waals surface area (Å²) in [7, 11) is 0. The molecule has 2 atom stereocenters. The van der Waals surface area contributed by atoms with Gasteiger partial charge in [-0.15, -0.1) is 0 Å². The second kappa shape index (κ2) is 7.55. The predicted molar refractivity (Wildman–Crippen MR) is 63.9 cm³/mol. The lowest BCUT2D eigenvalue weighted by Gasteiger charge is -2.28. The molecule has 1 fully saturated rings. The molecule has 84 valence electrons. The Balaban J connectivity index is 1.99. The van der Waals surface area contributed by atoms with Crippen LogP contribution < -0.4 is 5.32 Å². The van der Waals surface area contributed by atoms with Crippen molar-refractivity contribution in [1.29, 1.82) is 0 Å². The van der Waals surface area contributed by atoms with Crippen LogP contribution in [0, 0.1) is 0 Å². The van der Waals surface area contributed by atoms with Crippen molar-refractivity contribution in [3.63, 3.8) is 0 Å². The van der Waals surface area contributed by atoms with E-state index in [9.17, 15) is 5.11 Å². The lowest BCUT2D eigenvalue weighted by molar-refractivity contribution is 0.0910. The largest absolute Gasteiger partial charge is 0.392 e. The standard InChI is InChI=1S/C11H23NOS/c1-14-9-5-4-8-12-10-6-2-3-7-11(10)13/h10-13H,2-9H2,1H3. The zero-order valence-electron chi connectivity index (χ0n) is 9.17. The third-order valence-electron chi connectivity index (χ3n) is 2.91. The quantitative estimate of drug-likeness (QED) is 0.668. The van der Waals surface area contributed by atoms with E-state index in [2.05, 4.69) is 11.6 Å². The molecule has 0 spiro atoms. The van der Waals surface area contributed by atoms with Gasteiger partial charge in [-0.25, -0.2) is 0 Å². The highest BCUT2D eigenvalue weighted by Crippen LogP contribution is 2.18. The highest BCUT2D eigenvalue weighted by atomic mass is 32.2. The van der Waals surface area contributed by atoms with Gasteiger partial charge in [-0.3, -0.25) is 0 Å². The zero-order valence-corrected chi connectivity index (χ0v) is 9.98. The van der Waals surface area contributed by atoms with Gasteiger partial charge in [0.1, 0.15) is 0 Å². The molecule has 1 aliphatic carbocycles. The first-order valence-corrected chi connectivity index (χ1v) is 7.14. The van der Waals surface area contributed by atoms with Crippen LogP contribution in [0.2, 0.25) is 0 Å². The van der Waals surface area contributed by atoms with Crippen molar-refractivity contribution in [2.24, 2.45) is 0 Å². The minimum Gasteiger partial charge on any atom is -0.392 e. The van der Waals surface area contributed by atoms with Gasteiger partial charge in [0, 0.05) is 6.04 Å². The summed E-state index contributed by atoms with van der Waals surface area (Å²) in [5, 5.41) is 13.2. The molecule has 2 N–H and O–H groups in total. The Bertz CT molecular complexity index is 143. The molecule has 3 heteroatoms. The molecule has 0 aromatic heterocycles. The van der Waals surface area contributed by atoms with Crippen LogP contribution in [0.25, 0.3) is 0 Å². The average Bonchev–Trinajstić information content (AvgIpc) is 2.20. The number of aliphatic hydroxyl groups is 1. The summed E-state index contributed by atoms with van der Waals surface area (Å²) < 4.78 is 0. The topological polar surface area (TPSA) is 32.3 Å². The van der Waals surface area contributed by atoms with E-state index in [0.29, 0.717) is 6.04 Å². The molecule has 0 radical (unpaired) electrons. The lowest BCUT2D eigenvalue weighted by Crippen LogP contribution is -2.42. The number of hydrogen-bond acceptors (Lipinski definition) is 3. The molecule has 1 saturated carbocycles. The van der Waals surface area contributed by atoms with Gasteiger partial charge in [0.25, 0.3) is 0 Å². The monoisotopic (exact) mass is 217 g/mol. The van der Waals surface area contributed by atoms with E-state index >= 15 is 0 Å². The normalized spacial score (nSPS) is 27.9. The Morgan fingerprint density at radius 2 is 2.07 bits per heavy atom. The Kier molecular flexibility index (Phi) is 6.65. The van der Waals surface area contributed by atoms with E-state index in [4.69, 9.17) is 0 Å². The molecule has 0 aromatic rings. The molecule has 0 saturated heterocycles. The predicted octanol–water partition coefficient (Wildman–Crippen LogP) is 2.02. The zero-order chi connectivity index (χ0) is 10.2. The second-order valence-corrected chi connectivity index (χ2v) is 5.10. The molecule has 0 heterocycles. The van der Waals surface area contributed by atoms with Crippen molar-refractivity contribution < 1.29 is 5.11 Å². The minimum atomic E-state index is -0.0932. The molecule has 2 nitrogen and oxygen atoms in total. The molecule has 0 aromatic carbocycles. The first kappa shape index (κ1) is 12.3. The van der Waals surface area contributed by atoms with Crippen molar-refractivity contribution in [3.05, 3.63) is 0 Å². The van der Waals surface area contributed by atoms with Crippen molar-refractivity contribution >= 4 is 11.8 Å². The molecule has 2 unspecified atom stereocenters. The summed E-state index contributed by atoms with van der Waals surface area (Å²) in [6.07, 6.45) is 9.21. The van der Waals surface area contributed by atoms with Gasteiger partial charge in [0.05, 0.1) is 6.10 Å². The van der Waals surface area contributed by atoms with Gasteiger partial charge in [-0.05, 0) is 44.2 Å². The maximum absolute atomic E-state index is 9.71. The highest BCUT2D eigenvalue weighted by Gasteiger charge is 2.21. The molecular weight excluding hydrogens is 194 g/mol. The molecule has 0 aliphatic heterocycles. The summed E-state index contributed by atoms with van der Waals surface area (Å²) in [4.78, 5) is 0. The van der Waals surface area contributed by atoms with E-state index < -0.39 is 0 Å². The summed E-state index contributed by atoms with van der Waals surface area (Å²) in [5.74, 6) is 1.26. The fraction of sp³-hybridized carbons (Fsp3) is 1.00. The van der Waals surface area contributed by atoms with Gasteiger partial charge >= 0.3 is 0 Å². The van der Waals surface area contributed by atoms with E-state index in [0.717, 1.165) is 19.4 Å². The maximum atomic E-state index is 9.71. The van der Waals surface area contributed by atoms with Crippen LogP contribution >= 0.6 is 11.8 Å². The molecule has 14 heavy (non-hydrogen) atoms. The summed E-state index contributed by atoms with van der Waals surface area (Å²) >= 11 is 1.91. The smallest absolute Gasteiger partial charge is 0.0693 e. The van der Waals surface area contributed by atoms with Crippen molar-refractivity contribution in [2.75, 3.05) is 18.6 Å². The first-order chi connectivity index (χ1) is 6.84. The van der Waals surface area contributed by atoms with E-state index in [1.54, 1.807) is 0 Å². The molecule has 1 rings (SSSR count). The average molecular weight is 217 g/mol. The molecular formula is C11H23NOS. The van der Waals surface area contributed by atoms with Crippen LogP contribution in [0.5, 0.6) is 0 Å². The molecule has 1 aliphatic rings. The van der Waals surface area contributed by atoms with Crippen molar-refractivity contribution in [1.82, 2.24) is 5.32 Å². The Morgan fingerprint density at radius 3 is 2.79 bits per heavy atom. The van der Waals surface area contributed by atoms with Crippen LogP contribution in [-0.2, 0) is 0 Å². The third-order valence-corrected chi connectivity index (χ3v) is 3.61. The van der Waals surface area contributed by atoms with Crippen molar-refractivity contribution in [2.45, 2.75) is 50.7 Å². The Hall–Kier alpha value is 0.270. The summed E-state index contributed by atoms with van der Waals surface area (Å²) in [5.41, 5.74) is 0. The lowest BCUT2D eigenvalue weighted by atomic mass is 9.92. The van der Waals surface area contributed by atoms with Gasteiger partial charge in [0.15, 0.2) is 0 Å². The van der Waals surface area contributed by atoms with Crippen LogP contribution in [0.15, 0.2) is 0 Å². The van der Waals surface area contributed by atoms with Crippen LogP contribution in [0.1, 0.15) is 38.5 Å². The summed E-state index contributed by atoms with van der Waals surface area (Å²) in [6, 6.07) is 0.373. The van der Waals surface area contributed by atoms with Crippen LogP contribution in [0.4, 0.5) is 0 Å². The second-order valence-electron chi connectivity index (χ2n) is 4.11. The van der Waals surface area contributed by atoms with E-state index in [-0.39, 0.29) is 6.10 Å². The number of aliphatic hydroxyl groups excluding tert-OH is 1. The number of hydrogen-bond donors (Lipinski definition) is 2. The molecule has 0 bridgehead atoms. The minimum absolute atomic E-state index is 0.0932. The summed E-state index contributed by atoms with van der Waals surface area (Å²) in [6.45, 7) is 1.07. The Morgan fingerprint density at radius 1 is 1.29 bits per heavy atom. The fourth-order valence-corrected chi connectivity index (χ4v) is 2.50.